The average Bonchev–Trinajstić information content (AvgIpc) is 2.59. The maximum atomic E-state index is 5.63. The number of benzene rings is 1. The van der Waals surface area contributed by atoms with E-state index >= 15 is 0 Å². The maximum absolute atomic E-state index is 5.63. The molecular weight excluding hydrogens is 210 g/mol. The number of nitrogens with zero attached hydrogens (tertiary/aromatic N) is 2. The second-order valence-corrected chi connectivity index (χ2v) is 4.43. The standard InChI is InChI=1S/C14H19N3/c1-10-4-6-12(7-5-10)14-16-11(2)13(8-9-15)17(14)3/h4-7H,8-9,15H2,1-3H3. The van der Waals surface area contributed by atoms with Gasteiger partial charge in [0.05, 0.1) is 5.69 Å². The van der Waals surface area contributed by atoms with Crippen LogP contribution in [-0.2, 0) is 13.5 Å². The molecule has 0 radical (unpaired) electrons. The molecule has 0 saturated heterocycles. The Hall–Kier alpha value is -1.61. The summed E-state index contributed by atoms with van der Waals surface area (Å²) in [6.45, 7) is 4.80. The van der Waals surface area contributed by atoms with Crippen LogP contribution < -0.4 is 5.73 Å². The molecule has 2 aromatic rings. The summed E-state index contributed by atoms with van der Waals surface area (Å²) in [7, 11) is 2.06. The van der Waals surface area contributed by atoms with Crippen LogP contribution in [0.1, 0.15) is 17.0 Å². The second kappa shape index (κ2) is 4.72. The number of hydrogen-bond donors (Lipinski definition) is 1. The molecule has 3 heteroatoms. The van der Waals surface area contributed by atoms with Crippen LogP contribution in [0.4, 0.5) is 0 Å². The van der Waals surface area contributed by atoms with Gasteiger partial charge in [-0.05, 0) is 20.4 Å². The van der Waals surface area contributed by atoms with E-state index in [0.717, 1.165) is 23.5 Å². The smallest absolute Gasteiger partial charge is 0.140 e. The van der Waals surface area contributed by atoms with Crippen molar-refractivity contribution >= 4 is 0 Å². The number of rotatable bonds is 3. The second-order valence-electron chi connectivity index (χ2n) is 4.43. The molecule has 90 valence electrons. The molecule has 0 amide bonds. The maximum Gasteiger partial charge on any atom is 0.140 e. The number of aromatic nitrogens is 2. The summed E-state index contributed by atoms with van der Waals surface area (Å²) in [5.74, 6) is 1.02. The van der Waals surface area contributed by atoms with Gasteiger partial charge in [-0.2, -0.15) is 0 Å². The van der Waals surface area contributed by atoms with Crippen molar-refractivity contribution in [2.45, 2.75) is 20.3 Å². The summed E-state index contributed by atoms with van der Waals surface area (Å²) in [6.07, 6.45) is 0.876. The number of nitrogens with two attached hydrogens (primary N) is 1. The Bertz CT molecular complexity index is 509. The zero-order valence-electron chi connectivity index (χ0n) is 10.7. The van der Waals surface area contributed by atoms with E-state index in [-0.39, 0.29) is 0 Å². The van der Waals surface area contributed by atoms with E-state index in [1.807, 2.05) is 6.92 Å². The van der Waals surface area contributed by atoms with E-state index in [0.29, 0.717) is 6.54 Å². The van der Waals surface area contributed by atoms with Crippen LogP contribution >= 0.6 is 0 Å². The number of hydrogen-bond acceptors (Lipinski definition) is 2. The van der Waals surface area contributed by atoms with Crippen molar-refractivity contribution in [1.29, 1.82) is 0 Å². The molecule has 1 aromatic heterocycles. The molecule has 1 aromatic carbocycles. The van der Waals surface area contributed by atoms with Crippen LogP contribution in [0.5, 0.6) is 0 Å². The van der Waals surface area contributed by atoms with Crippen LogP contribution in [-0.4, -0.2) is 16.1 Å². The lowest BCUT2D eigenvalue weighted by atomic mass is 10.1. The summed E-state index contributed by atoms with van der Waals surface area (Å²) < 4.78 is 2.15. The third kappa shape index (κ3) is 2.24. The van der Waals surface area contributed by atoms with Gasteiger partial charge >= 0.3 is 0 Å². The van der Waals surface area contributed by atoms with Crippen molar-refractivity contribution in [3.05, 3.63) is 41.2 Å². The van der Waals surface area contributed by atoms with Gasteiger partial charge < -0.3 is 10.3 Å². The molecule has 3 nitrogen and oxygen atoms in total. The van der Waals surface area contributed by atoms with E-state index in [1.54, 1.807) is 0 Å². The first kappa shape index (κ1) is 11.9. The van der Waals surface area contributed by atoms with E-state index in [4.69, 9.17) is 5.73 Å². The molecule has 0 aliphatic rings. The van der Waals surface area contributed by atoms with Crippen molar-refractivity contribution in [3.8, 4) is 11.4 Å². The van der Waals surface area contributed by atoms with E-state index in [2.05, 4.69) is 47.8 Å². The van der Waals surface area contributed by atoms with Gasteiger partial charge in [0.25, 0.3) is 0 Å². The normalized spacial score (nSPS) is 10.8. The highest BCUT2D eigenvalue weighted by Gasteiger charge is 2.11. The minimum Gasteiger partial charge on any atom is -0.331 e. The van der Waals surface area contributed by atoms with E-state index < -0.39 is 0 Å². The number of aryl methyl sites for hydroxylation is 2. The monoisotopic (exact) mass is 229 g/mol. The molecule has 17 heavy (non-hydrogen) atoms. The lowest BCUT2D eigenvalue weighted by molar-refractivity contribution is 0.805. The third-order valence-corrected chi connectivity index (χ3v) is 3.10. The van der Waals surface area contributed by atoms with Crippen molar-refractivity contribution in [2.24, 2.45) is 12.8 Å². The van der Waals surface area contributed by atoms with Crippen molar-refractivity contribution in [2.75, 3.05) is 6.54 Å². The zero-order chi connectivity index (χ0) is 12.4. The molecule has 2 rings (SSSR count). The highest BCUT2D eigenvalue weighted by Crippen LogP contribution is 2.21. The third-order valence-electron chi connectivity index (χ3n) is 3.10. The molecule has 0 atom stereocenters. The van der Waals surface area contributed by atoms with Crippen molar-refractivity contribution < 1.29 is 0 Å². The molecular formula is C14H19N3. The van der Waals surface area contributed by atoms with Crippen molar-refractivity contribution in [1.82, 2.24) is 9.55 Å². The fourth-order valence-electron chi connectivity index (χ4n) is 2.12. The van der Waals surface area contributed by atoms with Gasteiger partial charge in [0.1, 0.15) is 5.82 Å². The first-order valence-corrected chi connectivity index (χ1v) is 5.92. The van der Waals surface area contributed by atoms with Crippen LogP contribution in [0.15, 0.2) is 24.3 Å². The van der Waals surface area contributed by atoms with Crippen LogP contribution in [0, 0.1) is 13.8 Å². The molecule has 0 saturated carbocycles. The topological polar surface area (TPSA) is 43.8 Å². The molecule has 0 aliphatic carbocycles. The van der Waals surface area contributed by atoms with Gasteiger partial charge in [-0.1, -0.05) is 29.8 Å². The summed E-state index contributed by atoms with van der Waals surface area (Å²) >= 11 is 0. The van der Waals surface area contributed by atoms with E-state index in [1.165, 1.54) is 11.3 Å². The van der Waals surface area contributed by atoms with Gasteiger partial charge in [-0.3, -0.25) is 0 Å². The Balaban J connectivity index is 2.46. The molecule has 2 N–H and O–H groups in total. The molecule has 0 spiro atoms. The van der Waals surface area contributed by atoms with Gasteiger partial charge in [-0.25, -0.2) is 4.98 Å². The molecule has 0 unspecified atom stereocenters. The summed E-state index contributed by atoms with van der Waals surface area (Å²) in [4.78, 5) is 4.64. The first-order valence-electron chi connectivity index (χ1n) is 5.92. The Labute approximate surface area is 102 Å². The Kier molecular flexibility index (Phi) is 3.29. The lowest BCUT2D eigenvalue weighted by Crippen LogP contribution is -2.08. The van der Waals surface area contributed by atoms with Gasteiger partial charge in [0, 0.05) is 24.7 Å². The minimum absolute atomic E-state index is 0.660. The molecule has 0 aliphatic heterocycles. The van der Waals surface area contributed by atoms with E-state index in [9.17, 15) is 0 Å². The summed E-state index contributed by atoms with van der Waals surface area (Å²) in [5, 5.41) is 0. The summed E-state index contributed by atoms with van der Waals surface area (Å²) in [6, 6.07) is 8.45. The SMILES string of the molecule is Cc1ccc(-c2nc(C)c(CCN)n2C)cc1. The molecule has 1 heterocycles. The highest BCUT2D eigenvalue weighted by molar-refractivity contribution is 5.57. The fourth-order valence-corrected chi connectivity index (χ4v) is 2.12. The van der Waals surface area contributed by atoms with Crippen LogP contribution in [0.3, 0.4) is 0 Å². The van der Waals surface area contributed by atoms with Crippen LogP contribution in [0.2, 0.25) is 0 Å². The molecule has 0 bridgehead atoms. The fraction of sp³-hybridized carbons (Fsp3) is 0.357. The Morgan fingerprint density at radius 2 is 1.82 bits per heavy atom. The van der Waals surface area contributed by atoms with Crippen molar-refractivity contribution in [3.63, 3.8) is 0 Å². The summed E-state index contributed by atoms with van der Waals surface area (Å²) in [5.41, 5.74) is 10.3. The zero-order valence-corrected chi connectivity index (χ0v) is 10.7. The van der Waals surface area contributed by atoms with Gasteiger partial charge in [-0.15, -0.1) is 0 Å². The average molecular weight is 229 g/mol. The van der Waals surface area contributed by atoms with Gasteiger partial charge in [0.15, 0.2) is 0 Å². The predicted molar refractivity (Wildman–Crippen MR) is 70.9 cm³/mol. The van der Waals surface area contributed by atoms with Gasteiger partial charge in [0.2, 0.25) is 0 Å². The predicted octanol–water partition coefficient (Wildman–Crippen LogP) is 2.21. The lowest BCUT2D eigenvalue weighted by Gasteiger charge is -2.05. The quantitative estimate of drug-likeness (QED) is 0.877. The Morgan fingerprint density at radius 3 is 2.41 bits per heavy atom. The first-order chi connectivity index (χ1) is 8.13. The highest BCUT2D eigenvalue weighted by atomic mass is 15.1. The van der Waals surface area contributed by atoms with Crippen LogP contribution in [0.25, 0.3) is 11.4 Å². The number of imidazole rings is 1. The minimum atomic E-state index is 0.660. The Morgan fingerprint density at radius 1 is 1.18 bits per heavy atom. The molecule has 0 fully saturated rings. The largest absolute Gasteiger partial charge is 0.331 e.